The van der Waals surface area contributed by atoms with Gasteiger partial charge in [0.1, 0.15) is 11.5 Å². The first-order valence-electron chi connectivity index (χ1n) is 8.89. The molecule has 0 fully saturated rings. The number of aliphatic imine (C=N–C) groups is 1. The van der Waals surface area contributed by atoms with Gasteiger partial charge in [0, 0.05) is 43.4 Å². The van der Waals surface area contributed by atoms with Crippen molar-refractivity contribution < 1.29 is 9.47 Å². The molecular formula is C19H30N4O2S. The molecule has 0 amide bonds. The molecule has 6 nitrogen and oxygen atoms in total. The number of hydrogen-bond acceptors (Lipinski definition) is 4. The summed E-state index contributed by atoms with van der Waals surface area (Å²) in [7, 11) is 5.15. The summed E-state index contributed by atoms with van der Waals surface area (Å²) in [6, 6.07) is 6.07. The zero-order valence-electron chi connectivity index (χ0n) is 16.1. The van der Waals surface area contributed by atoms with Gasteiger partial charge in [0.25, 0.3) is 0 Å². The fourth-order valence-corrected chi connectivity index (χ4v) is 3.22. The summed E-state index contributed by atoms with van der Waals surface area (Å²) in [4.78, 5) is 7.72. The highest BCUT2D eigenvalue weighted by Crippen LogP contribution is 2.31. The molecule has 2 rings (SSSR count). The fraction of sp³-hybridized carbons (Fsp3) is 0.526. The van der Waals surface area contributed by atoms with Crippen LogP contribution in [-0.4, -0.2) is 57.3 Å². The first kappa shape index (κ1) is 20.3. The molecule has 0 saturated carbocycles. The molecule has 1 aromatic carbocycles. The molecule has 1 heterocycles. The van der Waals surface area contributed by atoms with Crippen LogP contribution in [0.1, 0.15) is 18.5 Å². The Kier molecular flexibility index (Phi) is 8.47. The second-order valence-corrected chi connectivity index (χ2v) is 6.95. The zero-order chi connectivity index (χ0) is 18.8. The van der Waals surface area contributed by atoms with E-state index in [1.807, 2.05) is 23.9 Å². The highest BCUT2D eigenvalue weighted by atomic mass is 32.2. The van der Waals surface area contributed by atoms with E-state index < -0.39 is 0 Å². The lowest BCUT2D eigenvalue weighted by molar-refractivity contribution is 0.398. The van der Waals surface area contributed by atoms with Gasteiger partial charge >= 0.3 is 0 Å². The first-order chi connectivity index (χ1) is 12.7. The van der Waals surface area contributed by atoms with Crippen LogP contribution in [0.3, 0.4) is 0 Å². The van der Waals surface area contributed by atoms with Crippen LogP contribution in [0.5, 0.6) is 11.5 Å². The van der Waals surface area contributed by atoms with Gasteiger partial charge in [-0.15, -0.1) is 0 Å². The monoisotopic (exact) mass is 378 g/mol. The molecule has 0 saturated heterocycles. The van der Waals surface area contributed by atoms with E-state index >= 15 is 0 Å². The topological polar surface area (TPSA) is 70.7 Å². The smallest absolute Gasteiger partial charge is 0.190 e. The maximum atomic E-state index is 5.47. The van der Waals surface area contributed by atoms with Gasteiger partial charge in [0.05, 0.1) is 19.7 Å². The molecule has 0 bridgehead atoms. The highest BCUT2D eigenvalue weighted by molar-refractivity contribution is 7.98. The van der Waals surface area contributed by atoms with Crippen molar-refractivity contribution in [1.82, 2.24) is 15.6 Å². The van der Waals surface area contributed by atoms with Crippen molar-refractivity contribution in [2.45, 2.75) is 19.3 Å². The fourth-order valence-electron chi connectivity index (χ4n) is 2.79. The maximum Gasteiger partial charge on any atom is 0.190 e. The summed E-state index contributed by atoms with van der Waals surface area (Å²) in [5.74, 6) is 3.66. The summed E-state index contributed by atoms with van der Waals surface area (Å²) in [6.07, 6.45) is 5.24. The van der Waals surface area contributed by atoms with E-state index in [1.165, 1.54) is 11.4 Å². The van der Waals surface area contributed by atoms with E-state index in [4.69, 9.17) is 9.47 Å². The van der Waals surface area contributed by atoms with E-state index in [-0.39, 0.29) is 0 Å². The van der Waals surface area contributed by atoms with E-state index in [9.17, 15) is 0 Å². The average molecular weight is 379 g/mol. The van der Waals surface area contributed by atoms with Crippen LogP contribution < -0.4 is 20.1 Å². The molecule has 144 valence electrons. The molecule has 7 heteroatoms. The molecule has 0 unspecified atom stereocenters. The molecular weight excluding hydrogens is 348 g/mol. The maximum absolute atomic E-state index is 5.47. The van der Waals surface area contributed by atoms with Gasteiger partial charge in [-0.2, -0.15) is 11.8 Å². The van der Waals surface area contributed by atoms with Gasteiger partial charge in [-0.25, -0.2) is 0 Å². The van der Waals surface area contributed by atoms with Crippen molar-refractivity contribution >= 4 is 28.6 Å². The lowest BCUT2D eigenvalue weighted by Gasteiger charge is -2.11. The second kappa shape index (κ2) is 10.9. The number of aryl methyl sites for hydroxylation is 1. The van der Waals surface area contributed by atoms with Gasteiger partial charge in [-0.05, 0) is 37.3 Å². The summed E-state index contributed by atoms with van der Waals surface area (Å²) in [5, 5.41) is 7.79. The van der Waals surface area contributed by atoms with Gasteiger partial charge in [-0.3, -0.25) is 4.99 Å². The second-order valence-electron chi connectivity index (χ2n) is 5.96. The molecule has 0 aliphatic carbocycles. The van der Waals surface area contributed by atoms with Crippen molar-refractivity contribution in [1.29, 1.82) is 0 Å². The van der Waals surface area contributed by atoms with E-state index in [2.05, 4.69) is 32.9 Å². The first-order valence-corrected chi connectivity index (χ1v) is 10.3. The third-order valence-corrected chi connectivity index (χ3v) is 4.84. The number of aromatic amines is 1. The molecule has 0 aliphatic rings. The Balaban J connectivity index is 1.84. The predicted octanol–water partition coefficient (Wildman–Crippen LogP) is 3.04. The molecule has 0 radical (unpaired) electrons. The zero-order valence-corrected chi connectivity index (χ0v) is 17.0. The Hall–Kier alpha value is -2.02. The number of nitrogens with one attached hydrogen (secondary N) is 3. The summed E-state index contributed by atoms with van der Waals surface area (Å²) < 4.78 is 10.8. The Morgan fingerprint density at radius 1 is 1.12 bits per heavy atom. The quantitative estimate of drug-likeness (QED) is 0.337. The molecule has 0 atom stereocenters. The lowest BCUT2D eigenvalue weighted by Crippen LogP contribution is -2.38. The van der Waals surface area contributed by atoms with Crippen LogP contribution in [-0.2, 0) is 6.42 Å². The largest absolute Gasteiger partial charge is 0.497 e. The van der Waals surface area contributed by atoms with E-state index in [0.29, 0.717) is 0 Å². The highest BCUT2D eigenvalue weighted by Gasteiger charge is 2.09. The van der Waals surface area contributed by atoms with Crippen LogP contribution in [0.2, 0.25) is 0 Å². The van der Waals surface area contributed by atoms with Gasteiger partial charge in [-0.1, -0.05) is 0 Å². The number of ether oxygens (including phenoxy) is 2. The Morgan fingerprint density at radius 3 is 2.54 bits per heavy atom. The number of H-pyrrole nitrogens is 1. The number of rotatable bonds is 10. The van der Waals surface area contributed by atoms with Crippen molar-refractivity contribution in [2.75, 3.05) is 46.4 Å². The Labute approximate surface area is 160 Å². The molecule has 2 aromatic rings. The van der Waals surface area contributed by atoms with Gasteiger partial charge in [0.2, 0.25) is 0 Å². The average Bonchev–Trinajstić information content (AvgIpc) is 3.08. The normalized spacial score (nSPS) is 11.6. The number of guanidine groups is 1. The van der Waals surface area contributed by atoms with Crippen LogP contribution >= 0.6 is 11.8 Å². The molecule has 3 N–H and O–H groups in total. The number of thioether (sulfide) groups is 1. The van der Waals surface area contributed by atoms with Crippen molar-refractivity contribution in [3.8, 4) is 11.5 Å². The summed E-state index contributed by atoms with van der Waals surface area (Å²) in [6.45, 7) is 1.82. The van der Waals surface area contributed by atoms with Crippen molar-refractivity contribution in [2.24, 2.45) is 4.99 Å². The van der Waals surface area contributed by atoms with Crippen molar-refractivity contribution in [3.63, 3.8) is 0 Å². The number of aromatic nitrogens is 1. The molecule has 0 spiro atoms. The number of fused-ring (bicyclic) bond motifs is 1. The minimum atomic E-state index is 0.792. The summed E-state index contributed by atoms with van der Waals surface area (Å²) in [5.41, 5.74) is 2.23. The van der Waals surface area contributed by atoms with Crippen LogP contribution in [0, 0.1) is 0 Å². The minimum absolute atomic E-state index is 0.792. The predicted molar refractivity (Wildman–Crippen MR) is 112 cm³/mol. The van der Waals surface area contributed by atoms with Crippen LogP contribution in [0.15, 0.2) is 23.2 Å². The van der Waals surface area contributed by atoms with E-state index in [1.54, 1.807) is 21.3 Å². The number of nitrogens with zero attached hydrogens (tertiary/aromatic N) is 1. The molecule has 0 aliphatic heterocycles. The third-order valence-electron chi connectivity index (χ3n) is 4.14. The number of benzene rings is 1. The molecule has 1 aromatic heterocycles. The number of hydrogen-bond donors (Lipinski definition) is 3. The third kappa shape index (κ3) is 5.76. The Bertz CT molecular complexity index is 715. The van der Waals surface area contributed by atoms with Crippen LogP contribution in [0.4, 0.5) is 0 Å². The van der Waals surface area contributed by atoms with Gasteiger partial charge < -0.3 is 25.1 Å². The lowest BCUT2D eigenvalue weighted by atomic mass is 10.2. The van der Waals surface area contributed by atoms with E-state index in [0.717, 1.165) is 60.7 Å². The standard InChI is InChI=1S/C19H30N4O2S/c1-20-19(22-9-6-10-26-4)21-8-5-7-14-11-16-17(23-14)12-15(24-2)13-18(16)25-3/h11-13,23H,5-10H2,1-4H3,(H2,20,21,22). The Morgan fingerprint density at radius 2 is 1.88 bits per heavy atom. The molecule has 26 heavy (non-hydrogen) atoms. The number of methoxy groups -OCH3 is 2. The van der Waals surface area contributed by atoms with Gasteiger partial charge in [0.15, 0.2) is 5.96 Å². The summed E-state index contributed by atoms with van der Waals surface area (Å²) >= 11 is 1.87. The minimum Gasteiger partial charge on any atom is -0.497 e. The van der Waals surface area contributed by atoms with Crippen LogP contribution in [0.25, 0.3) is 10.9 Å². The van der Waals surface area contributed by atoms with Crippen molar-refractivity contribution in [3.05, 3.63) is 23.9 Å². The SMILES string of the molecule is CN=C(NCCCSC)NCCCc1cc2c(OC)cc(OC)cc2[nH]1.